The molecular formula is C13H19NO4. The van der Waals surface area contributed by atoms with Crippen molar-refractivity contribution in [2.45, 2.75) is 19.8 Å². The molecule has 1 rings (SSSR count). The summed E-state index contributed by atoms with van der Waals surface area (Å²) in [4.78, 5) is 11.6. The Balaban J connectivity index is 2.35. The highest BCUT2D eigenvalue weighted by Crippen LogP contribution is 2.24. The number of phenols is 1. The van der Waals surface area contributed by atoms with Crippen LogP contribution in [0.3, 0.4) is 0 Å². The van der Waals surface area contributed by atoms with Crippen LogP contribution in [-0.4, -0.2) is 30.9 Å². The van der Waals surface area contributed by atoms with Gasteiger partial charge in [-0.25, -0.2) is 4.79 Å². The number of benzene rings is 1. The molecule has 0 aliphatic rings. The second kappa shape index (κ2) is 7.55. The minimum Gasteiger partial charge on any atom is -0.505 e. The highest BCUT2D eigenvalue weighted by Gasteiger charge is 2.13. The molecule has 0 spiro atoms. The van der Waals surface area contributed by atoms with Gasteiger partial charge in [-0.1, -0.05) is 19.4 Å². The average Bonchev–Trinajstić information content (AvgIpc) is 2.36. The number of hydrogen-bond donors (Lipinski definition) is 2. The average molecular weight is 253 g/mol. The third kappa shape index (κ3) is 4.25. The van der Waals surface area contributed by atoms with Gasteiger partial charge >= 0.3 is 5.97 Å². The number of aromatic hydroxyl groups is 1. The molecule has 0 bridgehead atoms. The fraction of sp³-hybridized carbons (Fsp3) is 0.462. The van der Waals surface area contributed by atoms with Gasteiger partial charge in [0.1, 0.15) is 12.2 Å². The number of rotatable bonds is 7. The molecule has 0 fully saturated rings. The fourth-order valence-electron chi connectivity index (χ4n) is 1.35. The van der Waals surface area contributed by atoms with Gasteiger partial charge in [-0.15, -0.1) is 0 Å². The molecule has 3 N–H and O–H groups in total. The molecule has 0 radical (unpaired) electrons. The third-order valence-corrected chi connectivity index (χ3v) is 2.39. The van der Waals surface area contributed by atoms with Crippen LogP contribution in [0.15, 0.2) is 18.2 Å². The molecule has 1 aromatic carbocycles. The lowest BCUT2D eigenvalue weighted by molar-refractivity contribution is 0.0311. The molecule has 0 saturated carbocycles. The molecule has 0 atom stereocenters. The Morgan fingerprint density at radius 1 is 1.33 bits per heavy atom. The predicted octanol–water partition coefficient (Wildman–Crippen LogP) is 1.95. The summed E-state index contributed by atoms with van der Waals surface area (Å²) in [7, 11) is 0. The second-order valence-electron chi connectivity index (χ2n) is 3.85. The number of phenolic OH excluding ortho intramolecular Hbond substituents is 1. The summed E-state index contributed by atoms with van der Waals surface area (Å²) in [6.45, 7) is 3.26. The summed E-state index contributed by atoms with van der Waals surface area (Å²) in [5.41, 5.74) is 5.71. The van der Waals surface area contributed by atoms with Crippen LogP contribution in [-0.2, 0) is 9.47 Å². The predicted molar refractivity (Wildman–Crippen MR) is 68.5 cm³/mol. The van der Waals surface area contributed by atoms with Crippen molar-refractivity contribution in [2.75, 3.05) is 25.6 Å². The Kier molecular flexibility index (Phi) is 6.00. The van der Waals surface area contributed by atoms with Crippen LogP contribution in [0, 0.1) is 0 Å². The zero-order chi connectivity index (χ0) is 13.4. The first kappa shape index (κ1) is 14.3. The van der Waals surface area contributed by atoms with Crippen LogP contribution in [0.1, 0.15) is 30.1 Å². The number of para-hydroxylation sites is 1. The number of carbonyl (C=O) groups is 1. The van der Waals surface area contributed by atoms with E-state index in [-0.39, 0.29) is 23.6 Å². The van der Waals surface area contributed by atoms with Crippen molar-refractivity contribution < 1.29 is 19.4 Å². The van der Waals surface area contributed by atoms with E-state index in [1.165, 1.54) is 12.1 Å². The van der Waals surface area contributed by atoms with Crippen molar-refractivity contribution in [3.63, 3.8) is 0 Å². The summed E-state index contributed by atoms with van der Waals surface area (Å²) in [6, 6.07) is 4.56. The van der Waals surface area contributed by atoms with E-state index < -0.39 is 5.97 Å². The van der Waals surface area contributed by atoms with Gasteiger partial charge in [0, 0.05) is 6.61 Å². The first-order valence-electron chi connectivity index (χ1n) is 5.99. The van der Waals surface area contributed by atoms with Crippen LogP contribution in [0.2, 0.25) is 0 Å². The SMILES string of the molecule is CCCCOCCOC(=O)c1cccc(N)c1O. The molecule has 5 nitrogen and oxygen atoms in total. The summed E-state index contributed by atoms with van der Waals surface area (Å²) < 4.78 is 10.2. The standard InChI is InChI=1S/C13H19NO4/c1-2-3-7-17-8-9-18-13(16)10-5-4-6-11(14)12(10)15/h4-6,15H,2-3,7-9,14H2,1H3. The summed E-state index contributed by atoms with van der Waals surface area (Å²) >= 11 is 0. The number of anilines is 1. The van der Waals surface area contributed by atoms with E-state index in [1.54, 1.807) is 6.07 Å². The van der Waals surface area contributed by atoms with Gasteiger partial charge < -0.3 is 20.3 Å². The lowest BCUT2D eigenvalue weighted by atomic mass is 10.2. The number of hydrogen-bond acceptors (Lipinski definition) is 5. The Hall–Kier alpha value is -1.75. The van der Waals surface area contributed by atoms with E-state index in [0.717, 1.165) is 12.8 Å². The molecule has 18 heavy (non-hydrogen) atoms. The van der Waals surface area contributed by atoms with Crippen LogP contribution in [0.4, 0.5) is 5.69 Å². The van der Waals surface area contributed by atoms with Gasteiger partial charge in [0.2, 0.25) is 0 Å². The molecule has 0 saturated heterocycles. The van der Waals surface area contributed by atoms with Crippen molar-refractivity contribution in [1.82, 2.24) is 0 Å². The molecule has 0 aliphatic heterocycles. The summed E-state index contributed by atoms with van der Waals surface area (Å²) in [6.07, 6.45) is 2.06. The number of ether oxygens (including phenoxy) is 2. The Bertz CT molecular complexity index is 393. The van der Waals surface area contributed by atoms with Crippen LogP contribution in [0.5, 0.6) is 5.75 Å². The van der Waals surface area contributed by atoms with E-state index in [2.05, 4.69) is 6.92 Å². The van der Waals surface area contributed by atoms with E-state index >= 15 is 0 Å². The van der Waals surface area contributed by atoms with Crippen molar-refractivity contribution in [3.05, 3.63) is 23.8 Å². The number of unbranched alkanes of at least 4 members (excludes halogenated alkanes) is 1. The molecule has 0 amide bonds. The monoisotopic (exact) mass is 253 g/mol. The Morgan fingerprint density at radius 3 is 2.83 bits per heavy atom. The first-order valence-corrected chi connectivity index (χ1v) is 5.99. The number of esters is 1. The van der Waals surface area contributed by atoms with Crippen LogP contribution in [0.25, 0.3) is 0 Å². The maximum atomic E-state index is 11.6. The summed E-state index contributed by atoms with van der Waals surface area (Å²) in [5, 5.41) is 9.58. The lowest BCUT2D eigenvalue weighted by Crippen LogP contribution is -2.11. The zero-order valence-corrected chi connectivity index (χ0v) is 10.5. The van der Waals surface area contributed by atoms with E-state index in [9.17, 15) is 9.90 Å². The number of nitrogens with two attached hydrogens (primary N) is 1. The molecule has 100 valence electrons. The van der Waals surface area contributed by atoms with Gasteiger partial charge in [-0.3, -0.25) is 0 Å². The van der Waals surface area contributed by atoms with Gasteiger partial charge in [0.15, 0.2) is 5.75 Å². The quantitative estimate of drug-likeness (QED) is 0.336. The Labute approximate surface area is 107 Å². The maximum Gasteiger partial charge on any atom is 0.342 e. The first-order chi connectivity index (χ1) is 8.66. The van der Waals surface area contributed by atoms with Crippen molar-refractivity contribution >= 4 is 11.7 Å². The van der Waals surface area contributed by atoms with Crippen LogP contribution < -0.4 is 5.73 Å². The highest BCUT2D eigenvalue weighted by molar-refractivity contribution is 5.94. The Morgan fingerprint density at radius 2 is 2.11 bits per heavy atom. The molecule has 0 heterocycles. The largest absolute Gasteiger partial charge is 0.505 e. The van der Waals surface area contributed by atoms with Gasteiger partial charge in [0.25, 0.3) is 0 Å². The molecular weight excluding hydrogens is 234 g/mol. The van der Waals surface area contributed by atoms with Gasteiger partial charge in [-0.2, -0.15) is 0 Å². The lowest BCUT2D eigenvalue weighted by Gasteiger charge is -2.08. The molecule has 0 unspecified atom stereocenters. The van der Waals surface area contributed by atoms with Gasteiger partial charge in [-0.05, 0) is 18.6 Å². The second-order valence-corrected chi connectivity index (χ2v) is 3.85. The fourth-order valence-corrected chi connectivity index (χ4v) is 1.35. The van der Waals surface area contributed by atoms with Crippen molar-refractivity contribution in [2.24, 2.45) is 0 Å². The van der Waals surface area contributed by atoms with E-state index in [4.69, 9.17) is 15.2 Å². The minimum atomic E-state index is -0.598. The zero-order valence-electron chi connectivity index (χ0n) is 10.5. The highest BCUT2D eigenvalue weighted by atomic mass is 16.6. The van der Waals surface area contributed by atoms with Gasteiger partial charge in [0.05, 0.1) is 12.3 Å². The molecule has 0 aromatic heterocycles. The maximum absolute atomic E-state index is 11.6. The van der Waals surface area contributed by atoms with Crippen molar-refractivity contribution in [3.8, 4) is 5.75 Å². The summed E-state index contributed by atoms with van der Waals surface area (Å²) in [5.74, 6) is -0.840. The minimum absolute atomic E-state index is 0.0727. The number of carbonyl (C=O) groups excluding carboxylic acids is 1. The van der Waals surface area contributed by atoms with Crippen LogP contribution >= 0.6 is 0 Å². The molecule has 1 aromatic rings. The molecule has 0 aliphatic carbocycles. The smallest absolute Gasteiger partial charge is 0.342 e. The third-order valence-electron chi connectivity index (χ3n) is 2.39. The van der Waals surface area contributed by atoms with Crippen molar-refractivity contribution in [1.29, 1.82) is 0 Å². The normalized spacial score (nSPS) is 10.3. The van der Waals surface area contributed by atoms with E-state index in [1.807, 2.05) is 0 Å². The topological polar surface area (TPSA) is 81.8 Å². The number of nitrogen functional groups attached to an aromatic ring is 1. The molecule has 5 heteroatoms. The van der Waals surface area contributed by atoms with E-state index in [0.29, 0.717) is 13.2 Å².